The summed E-state index contributed by atoms with van der Waals surface area (Å²) in [5, 5.41) is 11.3. The summed E-state index contributed by atoms with van der Waals surface area (Å²) in [6.07, 6.45) is 4.71. The molecule has 2 aromatic heterocycles. The van der Waals surface area contributed by atoms with E-state index in [1.54, 1.807) is 6.21 Å². The molecule has 0 spiro atoms. The Hall–Kier alpha value is -2.54. The van der Waals surface area contributed by atoms with Gasteiger partial charge in [-0.25, -0.2) is 0 Å². The van der Waals surface area contributed by atoms with Gasteiger partial charge in [0.15, 0.2) is 0 Å². The van der Waals surface area contributed by atoms with Crippen molar-refractivity contribution in [2.24, 2.45) is 12.1 Å². The number of nitrogens with one attached hydrogen (secondary N) is 1. The van der Waals surface area contributed by atoms with Crippen molar-refractivity contribution < 1.29 is 0 Å². The monoisotopic (exact) mass is 285 g/mol. The molecule has 0 amide bonds. The molecule has 0 aliphatic heterocycles. The smallest absolute Gasteiger partial charge is 0.293 e. The minimum atomic E-state index is -0.370. The molecule has 0 saturated carbocycles. The van der Waals surface area contributed by atoms with E-state index in [1.807, 2.05) is 42.1 Å². The summed E-state index contributed by atoms with van der Waals surface area (Å²) in [5.41, 5.74) is 1.65. The molecule has 0 bridgehead atoms. The number of fused-ring (bicyclic) bond motifs is 1. The van der Waals surface area contributed by atoms with Gasteiger partial charge in [0.25, 0.3) is 5.56 Å². The van der Waals surface area contributed by atoms with Crippen LogP contribution < -0.4 is 5.56 Å². The lowest BCUT2D eigenvalue weighted by Crippen LogP contribution is -2.18. The average molecular weight is 285 g/mol. The highest BCUT2D eigenvalue weighted by Gasteiger charge is 2.03. The molecule has 1 aromatic carbocycles. The first kappa shape index (κ1) is 12.5. The number of aryl methyl sites for hydroxylation is 1. The lowest BCUT2D eigenvalue weighted by molar-refractivity contribution is 0.738. The number of H-pyrrole nitrogens is 1. The first-order valence-electron chi connectivity index (χ1n) is 5.92. The van der Waals surface area contributed by atoms with Crippen LogP contribution in [-0.4, -0.2) is 25.7 Å². The normalized spacial score (nSPS) is 11.4. The van der Waals surface area contributed by atoms with Crippen molar-refractivity contribution in [1.82, 2.24) is 19.4 Å². The molecule has 0 atom stereocenters. The Morgan fingerprint density at radius 2 is 2.20 bits per heavy atom. The fourth-order valence-electron chi connectivity index (χ4n) is 2.05. The fourth-order valence-corrected chi connectivity index (χ4v) is 2.24. The Morgan fingerprint density at radius 3 is 3.00 bits per heavy atom. The van der Waals surface area contributed by atoms with Crippen LogP contribution in [0.1, 0.15) is 5.56 Å². The van der Waals surface area contributed by atoms with E-state index in [0.29, 0.717) is 0 Å². The predicted molar refractivity (Wildman–Crippen MR) is 79.6 cm³/mol. The molecule has 7 heteroatoms. The van der Waals surface area contributed by atoms with E-state index >= 15 is 0 Å². The van der Waals surface area contributed by atoms with E-state index in [2.05, 4.69) is 15.3 Å². The highest BCUT2D eigenvalue weighted by atomic mass is 32.1. The van der Waals surface area contributed by atoms with Gasteiger partial charge in [0.2, 0.25) is 4.77 Å². The molecule has 20 heavy (non-hydrogen) atoms. The zero-order valence-corrected chi connectivity index (χ0v) is 11.5. The minimum Gasteiger partial charge on any atom is -0.350 e. The van der Waals surface area contributed by atoms with Crippen LogP contribution in [0.25, 0.3) is 10.9 Å². The molecule has 3 aromatic rings. The van der Waals surface area contributed by atoms with Crippen molar-refractivity contribution in [1.29, 1.82) is 0 Å². The van der Waals surface area contributed by atoms with E-state index in [9.17, 15) is 4.79 Å². The minimum absolute atomic E-state index is 0.161. The SMILES string of the molecule is Cn1cc(/C=N\n2c(=O)cn[nH]c2=S)c2ccccc21. The number of nitrogens with zero attached hydrogens (tertiary/aromatic N) is 4. The molecule has 0 radical (unpaired) electrons. The lowest BCUT2D eigenvalue weighted by atomic mass is 10.2. The standard InChI is InChI=1S/C13H11N5OS/c1-17-8-9(10-4-2-3-5-11(10)17)6-15-18-12(19)7-14-16-13(18)20/h2-8H,1H3,(H,16,20)/b15-6-. The first-order chi connectivity index (χ1) is 9.66. The van der Waals surface area contributed by atoms with Gasteiger partial charge in [-0.2, -0.15) is 14.9 Å². The van der Waals surface area contributed by atoms with Gasteiger partial charge in [0, 0.05) is 29.7 Å². The van der Waals surface area contributed by atoms with Crippen molar-refractivity contribution >= 4 is 29.3 Å². The summed E-state index contributed by atoms with van der Waals surface area (Å²) in [5.74, 6) is 0. The molecule has 0 aliphatic rings. The highest BCUT2D eigenvalue weighted by Crippen LogP contribution is 2.18. The molecule has 0 unspecified atom stereocenters. The Bertz CT molecular complexity index is 890. The second-order valence-corrected chi connectivity index (χ2v) is 4.67. The second kappa shape index (κ2) is 4.86. The summed E-state index contributed by atoms with van der Waals surface area (Å²) in [6.45, 7) is 0. The Kier molecular flexibility index (Phi) is 3.03. The number of para-hydroxylation sites is 1. The van der Waals surface area contributed by atoms with E-state index in [4.69, 9.17) is 12.2 Å². The van der Waals surface area contributed by atoms with Crippen molar-refractivity contribution in [3.05, 3.63) is 57.3 Å². The number of hydrogen-bond acceptors (Lipinski definition) is 4. The largest absolute Gasteiger partial charge is 0.350 e. The van der Waals surface area contributed by atoms with Crippen LogP contribution in [0, 0.1) is 4.77 Å². The van der Waals surface area contributed by atoms with Gasteiger partial charge in [-0.1, -0.05) is 18.2 Å². The molecular weight excluding hydrogens is 274 g/mol. The molecule has 1 N–H and O–H groups in total. The topological polar surface area (TPSA) is 68.0 Å². The molecule has 100 valence electrons. The van der Waals surface area contributed by atoms with E-state index in [1.165, 1.54) is 0 Å². The Morgan fingerprint density at radius 1 is 1.40 bits per heavy atom. The second-order valence-electron chi connectivity index (χ2n) is 4.28. The third-order valence-electron chi connectivity index (χ3n) is 2.98. The van der Waals surface area contributed by atoms with Crippen molar-refractivity contribution in [2.45, 2.75) is 0 Å². The van der Waals surface area contributed by atoms with E-state index in [0.717, 1.165) is 27.3 Å². The maximum Gasteiger partial charge on any atom is 0.293 e. The third-order valence-corrected chi connectivity index (χ3v) is 3.24. The van der Waals surface area contributed by atoms with Crippen LogP contribution in [0.4, 0.5) is 0 Å². The highest BCUT2D eigenvalue weighted by molar-refractivity contribution is 7.71. The van der Waals surface area contributed by atoms with Gasteiger partial charge in [-0.05, 0) is 18.3 Å². The number of rotatable bonds is 2. The van der Waals surface area contributed by atoms with Crippen molar-refractivity contribution in [3.8, 4) is 0 Å². The van der Waals surface area contributed by atoms with E-state index in [-0.39, 0.29) is 10.3 Å². The van der Waals surface area contributed by atoms with Gasteiger partial charge in [0.05, 0.1) is 6.21 Å². The maximum absolute atomic E-state index is 11.6. The summed E-state index contributed by atoms with van der Waals surface area (Å²) in [6, 6.07) is 7.97. The van der Waals surface area contributed by atoms with Crippen LogP contribution in [0.15, 0.2) is 46.6 Å². The van der Waals surface area contributed by atoms with Gasteiger partial charge in [0.1, 0.15) is 6.20 Å². The maximum atomic E-state index is 11.6. The third kappa shape index (κ3) is 2.08. The zero-order valence-electron chi connectivity index (χ0n) is 10.6. The van der Waals surface area contributed by atoms with Crippen LogP contribution in [-0.2, 0) is 7.05 Å². The van der Waals surface area contributed by atoms with Crippen molar-refractivity contribution in [3.63, 3.8) is 0 Å². The summed E-state index contributed by atoms with van der Waals surface area (Å²) in [4.78, 5) is 11.6. The Labute approximate surface area is 119 Å². The summed E-state index contributed by atoms with van der Waals surface area (Å²) in [7, 11) is 1.96. The fraction of sp³-hybridized carbons (Fsp3) is 0.0769. The number of benzene rings is 1. The van der Waals surface area contributed by atoms with Crippen LogP contribution >= 0.6 is 12.2 Å². The first-order valence-corrected chi connectivity index (χ1v) is 6.33. The summed E-state index contributed by atoms with van der Waals surface area (Å²) < 4.78 is 3.27. The van der Waals surface area contributed by atoms with E-state index < -0.39 is 0 Å². The lowest BCUT2D eigenvalue weighted by Gasteiger charge is -1.95. The number of hydrogen-bond donors (Lipinski definition) is 1. The quantitative estimate of drug-likeness (QED) is 0.575. The molecular formula is C13H11N5OS. The Balaban J connectivity index is 2.12. The van der Waals surface area contributed by atoms with Gasteiger partial charge < -0.3 is 4.57 Å². The predicted octanol–water partition coefficient (Wildman–Crippen LogP) is 1.67. The molecule has 3 rings (SSSR count). The number of aromatic amines is 1. The number of aromatic nitrogens is 4. The average Bonchev–Trinajstić information content (AvgIpc) is 2.76. The molecule has 6 nitrogen and oxygen atoms in total. The summed E-state index contributed by atoms with van der Waals surface area (Å²) >= 11 is 4.98. The van der Waals surface area contributed by atoms with Gasteiger partial charge >= 0.3 is 0 Å². The van der Waals surface area contributed by atoms with Crippen LogP contribution in [0.2, 0.25) is 0 Å². The van der Waals surface area contributed by atoms with Gasteiger partial charge in [-0.3, -0.25) is 9.89 Å². The molecule has 0 fully saturated rings. The van der Waals surface area contributed by atoms with Crippen LogP contribution in [0.3, 0.4) is 0 Å². The molecule has 0 saturated heterocycles. The van der Waals surface area contributed by atoms with Gasteiger partial charge in [-0.15, -0.1) is 0 Å². The molecule has 0 aliphatic carbocycles. The van der Waals surface area contributed by atoms with Crippen LogP contribution in [0.5, 0.6) is 0 Å². The molecule has 2 heterocycles. The zero-order chi connectivity index (χ0) is 14.1. The van der Waals surface area contributed by atoms with Crippen molar-refractivity contribution in [2.75, 3.05) is 0 Å².